The van der Waals surface area contributed by atoms with Gasteiger partial charge in [-0.25, -0.2) is 10.1 Å². The zero-order chi connectivity index (χ0) is 19.2. The number of aromatic nitrogens is 3. The van der Waals surface area contributed by atoms with E-state index >= 15 is 0 Å². The lowest BCUT2D eigenvalue weighted by atomic mass is 10.3. The highest BCUT2D eigenvalue weighted by molar-refractivity contribution is 7.99. The quantitative estimate of drug-likeness (QED) is 0.281. The Kier molecular flexibility index (Phi) is 5.86. The van der Waals surface area contributed by atoms with Crippen molar-refractivity contribution in [2.45, 2.75) is 30.8 Å². The fourth-order valence-electron chi connectivity index (χ4n) is 2.47. The van der Waals surface area contributed by atoms with Crippen molar-refractivity contribution < 1.29 is 9.72 Å². The number of hydrogen-bond acceptors (Lipinski definition) is 9. The van der Waals surface area contributed by atoms with E-state index in [0.29, 0.717) is 16.8 Å². The van der Waals surface area contributed by atoms with Gasteiger partial charge in [0.1, 0.15) is 0 Å². The third-order valence-electron chi connectivity index (χ3n) is 3.85. The second kappa shape index (κ2) is 8.49. The van der Waals surface area contributed by atoms with Crippen LogP contribution < -0.4 is 16.6 Å². The molecule has 0 spiro atoms. The summed E-state index contributed by atoms with van der Waals surface area (Å²) in [6.07, 6.45) is 4.22. The SMILES string of the molecule is Nn1c(NN=C2CCCC2)nnc1SCC(=O)Nc1ccc([N+](=O)[O-])cc1. The van der Waals surface area contributed by atoms with E-state index in [4.69, 9.17) is 5.84 Å². The molecule has 27 heavy (non-hydrogen) atoms. The van der Waals surface area contributed by atoms with Crippen LogP contribution in [0.3, 0.4) is 0 Å². The molecule has 1 heterocycles. The Morgan fingerprint density at radius 1 is 1.30 bits per heavy atom. The molecular formula is C15H18N8O3S. The summed E-state index contributed by atoms with van der Waals surface area (Å²) in [5, 5.41) is 25.8. The Balaban J connectivity index is 1.51. The molecular weight excluding hydrogens is 372 g/mol. The minimum absolute atomic E-state index is 0.0418. The number of nitrogens with one attached hydrogen (secondary N) is 2. The first kappa shape index (κ1) is 18.6. The number of hydrazone groups is 1. The number of benzene rings is 1. The van der Waals surface area contributed by atoms with Gasteiger partial charge < -0.3 is 11.2 Å². The molecule has 0 saturated heterocycles. The number of hydrogen-bond donors (Lipinski definition) is 3. The predicted molar refractivity (Wildman–Crippen MR) is 102 cm³/mol. The van der Waals surface area contributed by atoms with E-state index in [2.05, 4.69) is 26.0 Å². The van der Waals surface area contributed by atoms with Crippen LogP contribution in [0.2, 0.25) is 0 Å². The lowest BCUT2D eigenvalue weighted by Crippen LogP contribution is -2.17. The van der Waals surface area contributed by atoms with Gasteiger partial charge in [0, 0.05) is 23.5 Å². The van der Waals surface area contributed by atoms with Crippen molar-refractivity contribution in [2.75, 3.05) is 22.3 Å². The van der Waals surface area contributed by atoms with Crippen molar-refractivity contribution in [1.82, 2.24) is 14.9 Å². The first-order valence-corrected chi connectivity index (χ1v) is 9.20. The molecule has 0 bridgehead atoms. The summed E-state index contributed by atoms with van der Waals surface area (Å²) in [4.78, 5) is 22.1. The van der Waals surface area contributed by atoms with Crippen molar-refractivity contribution in [3.05, 3.63) is 34.4 Å². The zero-order valence-electron chi connectivity index (χ0n) is 14.3. The molecule has 4 N–H and O–H groups in total. The number of rotatable bonds is 7. The average molecular weight is 390 g/mol. The highest BCUT2D eigenvalue weighted by Gasteiger charge is 2.14. The molecule has 3 rings (SSSR count). The highest BCUT2D eigenvalue weighted by Crippen LogP contribution is 2.19. The molecule has 0 radical (unpaired) electrons. The molecule has 1 fully saturated rings. The molecule has 142 valence electrons. The van der Waals surface area contributed by atoms with Crippen molar-refractivity contribution in [3.8, 4) is 0 Å². The number of amides is 1. The standard InChI is InChI=1S/C15H18N8O3S/c16-22-14(19-18-11-3-1-2-4-11)20-21-15(22)27-9-13(24)17-10-5-7-12(8-6-10)23(25)26/h5-8H,1-4,9,16H2,(H,17,24)(H,19,20). The number of nitrogens with zero attached hydrogens (tertiary/aromatic N) is 5. The number of nitrogen functional groups attached to an aromatic ring is 1. The molecule has 1 amide bonds. The second-order valence-electron chi connectivity index (χ2n) is 5.81. The molecule has 1 aliphatic rings. The van der Waals surface area contributed by atoms with Gasteiger partial charge in [0.2, 0.25) is 11.1 Å². The predicted octanol–water partition coefficient (Wildman–Crippen LogP) is 1.97. The van der Waals surface area contributed by atoms with Crippen LogP contribution in [0.1, 0.15) is 25.7 Å². The van der Waals surface area contributed by atoms with Gasteiger partial charge in [0.15, 0.2) is 0 Å². The first-order chi connectivity index (χ1) is 13.0. The topological polar surface area (TPSA) is 153 Å². The normalized spacial score (nSPS) is 13.4. The number of carbonyl (C=O) groups excluding carboxylic acids is 1. The van der Waals surface area contributed by atoms with E-state index in [1.807, 2.05) is 0 Å². The molecule has 1 saturated carbocycles. The molecule has 1 aliphatic carbocycles. The van der Waals surface area contributed by atoms with Crippen LogP contribution in [0.25, 0.3) is 0 Å². The van der Waals surface area contributed by atoms with Gasteiger partial charge in [-0.05, 0) is 37.8 Å². The van der Waals surface area contributed by atoms with E-state index < -0.39 is 4.92 Å². The molecule has 0 atom stereocenters. The highest BCUT2D eigenvalue weighted by atomic mass is 32.2. The molecule has 0 unspecified atom stereocenters. The average Bonchev–Trinajstić information content (AvgIpc) is 3.29. The summed E-state index contributed by atoms with van der Waals surface area (Å²) in [7, 11) is 0. The maximum absolute atomic E-state index is 12.0. The Morgan fingerprint density at radius 3 is 2.67 bits per heavy atom. The smallest absolute Gasteiger partial charge is 0.269 e. The number of nitro benzene ring substituents is 1. The number of nitrogens with two attached hydrogens (primary N) is 1. The fourth-order valence-corrected chi connectivity index (χ4v) is 3.13. The third-order valence-corrected chi connectivity index (χ3v) is 4.80. The maximum Gasteiger partial charge on any atom is 0.269 e. The lowest BCUT2D eigenvalue weighted by molar-refractivity contribution is -0.384. The van der Waals surface area contributed by atoms with E-state index in [9.17, 15) is 14.9 Å². The monoisotopic (exact) mass is 390 g/mol. The van der Waals surface area contributed by atoms with Crippen molar-refractivity contribution in [3.63, 3.8) is 0 Å². The van der Waals surface area contributed by atoms with Crippen LogP contribution in [0.15, 0.2) is 34.5 Å². The van der Waals surface area contributed by atoms with Gasteiger partial charge in [0.25, 0.3) is 11.6 Å². The van der Waals surface area contributed by atoms with Crippen LogP contribution in [0.5, 0.6) is 0 Å². The minimum Gasteiger partial charge on any atom is -0.334 e. The Morgan fingerprint density at radius 2 is 2.00 bits per heavy atom. The summed E-state index contributed by atoms with van der Waals surface area (Å²) >= 11 is 1.12. The minimum atomic E-state index is -0.501. The lowest BCUT2D eigenvalue weighted by Gasteiger charge is -2.05. The second-order valence-corrected chi connectivity index (χ2v) is 6.76. The number of nitro groups is 1. The van der Waals surface area contributed by atoms with Gasteiger partial charge in [-0.15, -0.1) is 10.2 Å². The Bertz CT molecular complexity index is 856. The molecule has 11 nitrogen and oxygen atoms in total. The summed E-state index contributed by atoms with van der Waals surface area (Å²) < 4.78 is 1.24. The van der Waals surface area contributed by atoms with Crippen LogP contribution in [0, 0.1) is 10.1 Å². The number of carbonyl (C=O) groups is 1. The number of non-ortho nitro benzene ring substituents is 1. The summed E-state index contributed by atoms with van der Waals surface area (Å²) in [6.45, 7) is 0. The van der Waals surface area contributed by atoms with E-state index in [1.165, 1.54) is 28.9 Å². The van der Waals surface area contributed by atoms with Gasteiger partial charge in [0.05, 0.1) is 10.7 Å². The Labute approximate surface area is 158 Å². The zero-order valence-corrected chi connectivity index (χ0v) is 15.1. The van der Waals surface area contributed by atoms with Gasteiger partial charge in [-0.3, -0.25) is 14.9 Å². The summed E-state index contributed by atoms with van der Waals surface area (Å²) in [5.41, 5.74) is 4.30. The first-order valence-electron chi connectivity index (χ1n) is 8.22. The molecule has 1 aromatic heterocycles. The van der Waals surface area contributed by atoms with E-state index in [1.54, 1.807) is 0 Å². The molecule has 0 aliphatic heterocycles. The van der Waals surface area contributed by atoms with Gasteiger partial charge in [-0.1, -0.05) is 11.8 Å². The van der Waals surface area contributed by atoms with Crippen LogP contribution in [0.4, 0.5) is 17.3 Å². The van der Waals surface area contributed by atoms with Crippen LogP contribution >= 0.6 is 11.8 Å². The number of anilines is 2. The van der Waals surface area contributed by atoms with Crippen LogP contribution in [-0.4, -0.2) is 37.2 Å². The molecule has 2 aromatic rings. The third kappa shape index (κ3) is 4.94. The van der Waals surface area contributed by atoms with Gasteiger partial charge in [-0.2, -0.15) is 5.10 Å². The number of thioether (sulfide) groups is 1. The summed E-state index contributed by atoms with van der Waals surface area (Å²) in [5.74, 6) is 5.98. The van der Waals surface area contributed by atoms with E-state index in [0.717, 1.165) is 43.2 Å². The van der Waals surface area contributed by atoms with E-state index in [-0.39, 0.29) is 17.3 Å². The van der Waals surface area contributed by atoms with Crippen molar-refractivity contribution in [2.24, 2.45) is 5.10 Å². The fraction of sp³-hybridized carbons (Fsp3) is 0.333. The Hall–Kier alpha value is -3.15. The van der Waals surface area contributed by atoms with Crippen molar-refractivity contribution in [1.29, 1.82) is 0 Å². The van der Waals surface area contributed by atoms with Crippen LogP contribution in [-0.2, 0) is 4.79 Å². The molecule has 12 heteroatoms. The maximum atomic E-state index is 12.0. The van der Waals surface area contributed by atoms with Crippen molar-refractivity contribution >= 4 is 40.7 Å². The molecule has 1 aromatic carbocycles. The summed E-state index contributed by atoms with van der Waals surface area (Å²) in [6, 6.07) is 5.58. The largest absolute Gasteiger partial charge is 0.334 e. The van der Waals surface area contributed by atoms with Gasteiger partial charge >= 0.3 is 0 Å².